The van der Waals surface area contributed by atoms with Crippen LogP contribution in [-0.2, 0) is 10.0 Å². The Morgan fingerprint density at radius 3 is 2.38 bits per heavy atom. The first-order valence-corrected chi connectivity index (χ1v) is 7.28. The van der Waals surface area contributed by atoms with Crippen molar-refractivity contribution in [3.05, 3.63) is 5.15 Å². The lowest BCUT2D eigenvalue weighted by atomic mass is 10.4. The number of rotatable bonds is 4. The van der Waals surface area contributed by atoms with Gasteiger partial charge in [0.15, 0.2) is 14.5 Å². The quantitative estimate of drug-likeness (QED) is 0.911. The van der Waals surface area contributed by atoms with Gasteiger partial charge in [-0.2, -0.15) is 0 Å². The zero-order valence-electron chi connectivity index (χ0n) is 9.48. The Morgan fingerprint density at radius 2 is 2.00 bits per heavy atom. The van der Waals surface area contributed by atoms with Crippen molar-refractivity contribution in [3.8, 4) is 0 Å². The number of hydrogen-bond donors (Lipinski definition) is 1. The molecule has 0 amide bonds. The van der Waals surface area contributed by atoms with Gasteiger partial charge in [0.25, 0.3) is 10.0 Å². The maximum atomic E-state index is 11.9. The van der Waals surface area contributed by atoms with E-state index in [-0.39, 0.29) is 15.4 Å². The number of sulfonamides is 1. The van der Waals surface area contributed by atoms with E-state index in [4.69, 9.17) is 11.6 Å². The molecule has 1 N–H and O–H groups in total. The molecule has 0 unspecified atom stereocenters. The summed E-state index contributed by atoms with van der Waals surface area (Å²) in [5.74, 6) is 0. The zero-order valence-corrected chi connectivity index (χ0v) is 11.9. The minimum atomic E-state index is -3.56. The van der Waals surface area contributed by atoms with Gasteiger partial charge in [-0.15, -0.1) is 0 Å². The maximum Gasteiger partial charge on any atom is 0.253 e. The monoisotopic (exact) mass is 283 g/mol. The lowest BCUT2D eigenvalue weighted by Gasteiger charge is -2.07. The van der Waals surface area contributed by atoms with Crippen LogP contribution in [0.15, 0.2) is 4.21 Å². The van der Waals surface area contributed by atoms with Gasteiger partial charge in [0.1, 0.15) is 0 Å². The van der Waals surface area contributed by atoms with Crippen molar-refractivity contribution in [1.29, 1.82) is 0 Å². The second-order valence-electron chi connectivity index (χ2n) is 3.75. The maximum absolute atomic E-state index is 11.9. The van der Waals surface area contributed by atoms with E-state index >= 15 is 0 Å². The smallest absolute Gasteiger partial charge is 0.253 e. The molecule has 5 nitrogen and oxygen atoms in total. The van der Waals surface area contributed by atoms with Crippen molar-refractivity contribution in [2.24, 2.45) is 0 Å². The fourth-order valence-electron chi connectivity index (χ4n) is 0.998. The average molecular weight is 284 g/mol. The van der Waals surface area contributed by atoms with E-state index in [0.717, 1.165) is 11.3 Å². The van der Waals surface area contributed by atoms with E-state index in [1.807, 2.05) is 0 Å². The van der Waals surface area contributed by atoms with E-state index in [9.17, 15) is 8.42 Å². The van der Waals surface area contributed by atoms with Crippen LogP contribution >= 0.6 is 22.9 Å². The van der Waals surface area contributed by atoms with Gasteiger partial charge >= 0.3 is 0 Å². The van der Waals surface area contributed by atoms with E-state index in [0.29, 0.717) is 5.13 Å². The van der Waals surface area contributed by atoms with Gasteiger partial charge in [-0.3, -0.25) is 0 Å². The summed E-state index contributed by atoms with van der Waals surface area (Å²) in [6.45, 7) is 3.50. The predicted octanol–water partition coefficient (Wildman–Crippen LogP) is 1.55. The molecule has 0 spiro atoms. The van der Waals surface area contributed by atoms with E-state index in [2.05, 4.69) is 9.71 Å². The van der Waals surface area contributed by atoms with Crippen molar-refractivity contribution < 1.29 is 8.42 Å². The summed E-state index contributed by atoms with van der Waals surface area (Å²) in [5.41, 5.74) is 0. The first-order valence-electron chi connectivity index (χ1n) is 4.60. The molecule has 1 aromatic rings. The van der Waals surface area contributed by atoms with Crippen molar-refractivity contribution in [1.82, 2.24) is 9.71 Å². The molecule has 16 heavy (non-hydrogen) atoms. The highest BCUT2D eigenvalue weighted by Gasteiger charge is 2.24. The third kappa shape index (κ3) is 3.07. The number of halogens is 1. The number of nitrogens with zero attached hydrogens (tertiary/aromatic N) is 2. The molecule has 0 aliphatic carbocycles. The number of anilines is 1. The van der Waals surface area contributed by atoms with Crippen LogP contribution in [0.4, 0.5) is 5.13 Å². The van der Waals surface area contributed by atoms with Gasteiger partial charge in [0.2, 0.25) is 0 Å². The summed E-state index contributed by atoms with van der Waals surface area (Å²) in [7, 11) is 0.00292. The Bertz CT molecular complexity index is 468. The third-order valence-corrected chi connectivity index (χ3v) is 5.45. The van der Waals surface area contributed by atoms with Gasteiger partial charge in [-0.1, -0.05) is 22.9 Å². The van der Waals surface area contributed by atoms with Crippen LogP contribution in [0.1, 0.15) is 13.8 Å². The molecule has 0 aliphatic heterocycles. The first kappa shape index (κ1) is 13.7. The Balaban J connectivity index is 3.13. The molecule has 0 saturated heterocycles. The van der Waals surface area contributed by atoms with E-state index < -0.39 is 10.0 Å². The molecular formula is C8H14ClN3O2S2. The number of aromatic nitrogens is 1. The molecule has 0 saturated carbocycles. The minimum Gasteiger partial charge on any atom is -0.354 e. The van der Waals surface area contributed by atoms with Crippen molar-refractivity contribution in [3.63, 3.8) is 0 Å². The Hall–Kier alpha value is -0.370. The molecule has 0 fully saturated rings. The normalized spacial score (nSPS) is 12.1. The van der Waals surface area contributed by atoms with Gasteiger partial charge in [0.05, 0.1) is 0 Å². The molecule has 0 bridgehead atoms. The largest absolute Gasteiger partial charge is 0.354 e. The molecule has 0 radical (unpaired) electrons. The average Bonchev–Trinajstić information content (AvgIpc) is 2.45. The standard InChI is InChI=1S/C8H14ClN3O2S2/c1-5(2)11-16(13,14)7-6(9)10-8(15-7)12(3)4/h5,11H,1-4H3. The fraction of sp³-hybridized carbons (Fsp3) is 0.625. The molecule has 1 heterocycles. The van der Waals surface area contributed by atoms with Crippen LogP contribution in [0.25, 0.3) is 0 Å². The highest BCUT2D eigenvalue weighted by atomic mass is 35.5. The van der Waals surface area contributed by atoms with Crippen molar-refractivity contribution in [2.45, 2.75) is 24.1 Å². The van der Waals surface area contributed by atoms with Crippen LogP contribution in [0.2, 0.25) is 5.15 Å². The summed E-state index contributed by atoms with van der Waals surface area (Å²) >= 11 is 6.86. The predicted molar refractivity (Wildman–Crippen MR) is 66.9 cm³/mol. The summed E-state index contributed by atoms with van der Waals surface area (Å²) in [5, 5.41) is 0.580. The van der Waals surface area contributed by atoms with Crippen molar-refractivity contribution >= 4 is 38.1 Å². The Kier molecular flexibility index (Phi) is 4.17. The highest BCUT2D eigenvalue weighted by Crippen LogP contribution is 2.32. The van der Waals surface area contributed by atoms with Gasteiger partial charge in [-0.05, 0) is 13.8 Å². The van der Waals surface area contributed by atoms with Crippen LogP contribution < -0.4 is 9.62 Å². The number of thiazole rings is 1. The lowest BCUT2D eigenvalue weighted by molar-refractivity contribution is 0.572. The Labute approximate surface area is 104 Å². The van der Waals surface area contributed by atoms with E-state index in [1.54, 1.807) is 32.8 Å². The molecule has 0 atom stereocenters. The highest BCUT2D eigenvalue weighted by molar-refractivity contribution is 7.91. The van der Waals surface area contributed by atoms with Crippen LogP contribution in [0.5, 0.6) is 0 Å². The molecular weight excluding hydrogens is 270 g/mol. The van der Waals surface area contributed by atoms with Crippen LogP contribution in [0, 0.1) is 0 Å². The second-order valence-corrected chi connectivity index (χ2v) is 6.99. The zero-order chi connectivity index (χ0) is 12.5. The van der Waals surface area contributed by atoms with Gasteiger partial charge in [-0.25, -0.2) is 18.1 Å². The molecule has 1 aromatic heterocycles. The SMILES string of the molecule is CC(C)NS(=O)(=O)c1sc(N(C)C)nc1Cl. The van der Waals surface area contributed by atoms with Crippen LogP contribution in [-0.4, -0.2) is 33.5 Å². The number of nitrogens with one attached hydrogen (secondary N) is 1. The van der Waals surface area contributed by atoms with Gasteiger partial charge < -0.3 is 4.90 Å². The third-order valence-electron chi connectivity index (χ3n) is 1.56. The Morgan fingerprint density at radius 1 is 1.44 bits per heavy atom. The van der Waals surface area contributed by atoms with Crippen LogP contribution in [0.3, 0.4) is 0 Å². The molecule has 8 heteroatoms. The summed E-state index contributed by atoms with van der Waals surface area (Å²) in [6, 6.07) is -0.175. The number of hydrogen-bond acceptors (Lipinski definition) is 5. The summed E-state index contributed by atoms with van der Waals surface area (Å²) < 4.78 is 26.2. The van der Waals surface area contributed by atoms with Gasteiger partial charge in [0, 0.05) is 20.1 Å². The fourth-order valence-corrected chi connectivity index (χ4v) is 3.97. The molecule has 92 valence electrons. The molecule has 1 rings (SSSR count). The summed E-state index contributed by atoms with van der Waals surface area (Å²) in [4.78, 5) is 5.69. The summed E-state index contributed by atoms with van der Waals surface area (Å²) in [6.07, 6.45) is 0. The second kappa shape index (κ2) is 4.87. The van der Waals surface area contributed by atoms with E-state index in [1.165, 1.54) is 0 Å². The van der Waals surface area contributed by atoms with Crippen molar-refractivity contribution in [2.75, 3.05) is 19.0 Å². The topological polar surface area (TPSA) is 62.3 Å². The minimum absolute atomic E-state index is 0.0156. The lowest BCUT2D eigenvalue weighted by Crippen LogP contribution is -2.29. The molecule has 0 aliphatic rings. The first-order chi connectivity index (χ1) is 7.24. The molecule has 0 aromatic carbocycles.